The van der Waals surface area contributed by atoms with E-state index in [0.29, 0.717) is 13.1 Å². The SMILES string of the molecule is C=CCN(CC=C)C(=O)N1C=CN(S(=O)(=O)CC2CCCCC2)N1. The van der Waals surface area contributed by atoms with Crippen LogP contribution in [0.3, 0.4) is 0 Å². The molecular weight excluding hydrogens is 328 g/mol. The summed E-state index contributed by atoms with van der Waals surface area (Å²) in [5, 5.41) is 1.16. The molecule has 24 heavy (non-hydrogen) atoms. The lowest BCUT2D eigenvalue weighted by molar-refractivity contribution is 0.146. The molecule has 134 valence electrons. The quantitative estimate of drug-likeness (QED) is 0.712. The van der Waals surface area contributed by atoms with E-state index in [1.54, 1.807) is 12.2 Å². The van der Waals surface area contributed by atoms with Crippen LogP contribution in [-0.2, 0) is 10.0 Å². The van der Waals surface area contributed by atoms with Crippen molar-refractivity contribution in [2.75, 3.05) is 18.8 Å². The molecule has 0 saturated heterocycles. The molecule has 1 fully saturated rings. The molecule has 1 saturated carbocycles. The maximum atomic E-state index is 12.5. The number of hydrazine groups is 2. The molecule has 1 heterocycles. The van der Waals surface area contributed by atoms with E-state index in [1.165, 1.54) is 23.7 Å². The first-order chi connectivity index (χ1) is 11.5. The number of nitrogens with one attached hydrogen (secondary N) is 1. The molecular formula is C16H26N4O3S. The zero-order chi connectivity index (χ0) is 17.6. The van der Waals surface area contributed by atoms with Gasteiger partial charge in [0.25, 0.3) is 0 Å². The van der Waals surface area contributed by atoms with Gasteiger partial charge in [0.1, 0.15) is 0 Å². The van der Waals surface area contributed by atoms with Gasteiger partial charge in [-0.25, -0.2) is 18.2 Å². The fourth-order valence-corrected chi connectivity index (χ4v) is 4.53. The van der Waals surface area contributed by atoms with Gasteiger partial charge in [-0.2, -0.15) is 4.41 Å². The molecule has 1 N–H and O–H groups in total. The van der Waals surface area contributed by atoms with E-state index in [-0.39, 0.29) is 17.7 Å². The third-order valence-electron chi connectivity index (χ3n) is 4.20. The highest BCUT2D eigenvalue weighted by molar-refractivity contribution is 7.89. The fourth-order valence-electron chi connectivity index (χ4n) is 2.99. The van der Waals surface area contributed by atoms with Gasteiger partial charge in [0, 0.05) is 19.3 Å². The number of amides is 2. The number of hydrogen-bond donors (Lipinski definition) is 1. The van der Waals surface area contributed by atoms with Crippen molar-refractivity contribution < 1.29 is 13.2 Å². The second kappa shape index (κ2) is 8.34. The topological polar surface area (TPSA) is 73.0 Å². The lowest BCUT2D eigenvalue weighted by atomic mass is 9.91. The largest absolute Gasteiger partial charge is 0.340 e. The van der Waals surface area contributed by atoms with Crippen molar-refractivity contribution in [3.63, 3.8) is 0 Å². The normalized spacial score (nSPS) is 18.7. The van der Waals surface area contributed by atoms with Crippen molar-refractivity contribution in [1.82, 2.24) is 19.9 Å². The molecule has 0 bridgehead atoms. The van der Waals surface area contributed by atoms with Crippen LogP contribution in [0.15, 0.2) is 37.7 Å². The van der Waals surface area contributed by atoms with Crippen molar-refractivity contribution in [2.45, 2.75) is 32.1 Å². The van der Waals surface area contributed by atoms with Gasteiger partial charge in [-0.1, -0.05) is 31.4 Å². The maximum Gasteiger partial charge on any atom is 0.340 e. The van der Waals surface area contributed by atoms with E-state index in [9.17, 15) is 13.2 Å². The molecule has 0 aromatic carbocycles. The first-order valence-corrected chi connectivity index (χ1v) is 9.85. The average molecular weight is 354 g/mol. The van der Waals surface area contributed by atoms with Gasteiger partial charge in [0.15, 0.2) is 0 Å². The summed E-state index contributed by atoms with van der Waals surface area (Å²) in [4.78, 5) is 13.9. The summed E-state index contributed by atoms with van der Waals surface area (Å²) in [5.74, 6) is 0.303. The monoisotopic (exact) mass is 354 g/mol. The molecule has 2 aliphatic rings. The van der Waals surface area contributed by atoms with Crippen molar-refractivity contribution in [3.8, 4) is 0 Å². The Hall–Kier alpha value is -1.80. The minimum Gasteiger partial charge on any atom is -0.316 e. The van der Waals surface area contributed by atoms with Gasteiger partial charge in [0.2, 0.25) is 10.0 Å². The molecule has 0 aromatic rings. The van der Waals surface area contributed by atoms with E-state index in [2.05, 4.69) is 18.7 Å². The van der Waals surface area contributed by atoms with Gasteiger partial charge in [-0.15, -0.1) is 18.7 Å². The Morgan fingerprint density at radius 1 is 1.17 bits per heavy atom. The summed E-state index contributed by atoms with van der Waals surface area (Å²) < 4.78 is 26.1. The Kier molecular flexibility index (Phi) is 6.44. The van der Waals surface area contributed by atoms with E-state index in [1.807, 2.05) is 0 Å². The fraction of sp³-hybridized carbons (Fsp3) is 0.562. The minimum absolute atomic E-state index is 0.107. The lowest BCUT2D eigenvalue weighted by Crippen LogP contribution is -2.51. The Morgan fingerprint density at radius 2 is 1.79 bits per heavy atom. The molecule has 1 aliphatic heterocycles. The van der Waals surface area contributed by atoms with Gasteiger partial charge >= 0.3 is 6.03 Å². The lowest BCUT2D eigenvalue weighted by Gasteiger charge is -2.28. The number of hydrogen-bond acceptors (Lipinski definition) is 4. The first kappa shape index (κ1) is 18.5. The molecule has 2 rings (SSSR count). The zero-order valence-electron chi connectivity index (χ0n) is 13.9. The highest BCUT2D eigenvalue weighted by Gasteiger charge is 2.31. The summed E-state index contributed by atoms with van der Waals surface area (Å²) in [6, 6.07) is -0.360. The van der Waals surface area contributed by atoms with Gasteiger partial charge in [-0.3, -0.25) is 0 Å². The van der Waals surface area contributed by atoms with Crippen LogP contribution >= 0.6 is 0 Å². The molecule has 0 radical (unpaired) electrons. The molecule has 2 amide bonds. The summed E-state index contributed by atoms with van der Waals surface area (Å²) in [7, 11) is -3.49. The molecule has 8 heteroatoms. The third-order valence-corrected chi connectivity index (χ3v) is 5.90. The van der Waals surface area contributed by atoms with Gasteiger partial charge in [0.05, 0.1) is 12.0 Å². The van der Waals surface area contributed by atoms with E-state index in [0.717, 1.165) is 35.1 Å². The van der Waals surface area contributed by atoms with Crippen LogP contribution in [-0.4, -0.2) is 47.6 Å². The molecule has 0 atom stereocenters. The number of urea groups is 1. The summed E-state index contributed by atoms with van der Waals surface area (Å²) in [6.07, 6.45) is 11.3. The molecule has 1 aliphatic carbocycles. The van der Waals surface area contributed by atoms with Crippen LogP contribution in [0.4, 0.5) is 4.79 Å². The number of carbonyl (C=O) groups excluding carboxylic acids is 1. The van der Waals surface area contributed by atoms with E-state index in [4.69, 9.17) is 0 Å². The number of nitrogens with zero attached hydrogens (tertiary/aromatic N) is 3. The average Bonchev–Trinajstić information content (AvgIpc) is 3.05. The minimum atomic E-state index is -3.49. The molecule has 0 spiro atoms. The number of sulfonamides is 1. The van der Waals surface area contributed by atoms with Crippen LogP contribution in [0.1, 0.15) is 32.1 Å². The first-order valence-electron chi connectivity index (χ1n) is 8.24. The predicted octanol–water partition coefficient (Wildman–Crippen LogP) is 2.20. The standard InChI is InChI=1S/C16H26N4O3S/c1-3-10-18(11-4-2)16(21)19-12-13-20(17-19)24(22,23)14-15-8-6-5-7-9-15/h3-4,12-13,15,17H,1-2,5-11,14H2. The van der Waals surface area contributed by atoms with E-state index < -0.39 is 10.0 Å². The van der Waals surface area contributed by atoms with Gasteiger partial charge in [-0.05, 0) is 18.8 Å². The Balaban J connectivity index is 1.95. The van der Waals surface area contributed by atoms with Crippen molar-refractivity contribution in [2.24, 2.45) is 5.92 Å². The highest BCUT2D eigenvalue weighted by Crippen LogP contribution is 2.26. The highest BCUT2D eigenvalue weighted by atomic mass is 32.2. The summed E-state index contributed by atoms with van der Waals surface area (Å²) in [5.41, 5.74) is 2.63. The van der Waals surface area contributed by atoms with Crippen molar-refractivity contribution in [3.05, 3.63) is 37.7 Å². The van der Waals surface area contributed by atoms with Crippen LogP contribution in [0.5, 0.6) is 0 Å². The third kappa shape index (κ3) is 4.61. The van der Waals surface area contributed by atoms with Crippen LogP contribution in [0, 0.1) is 5.92 Å². The second-order valence-corrected chi connectivity index (χ2v) is 8.00. The summed E-state index contributed by atoms with van der Waals surface area (Å²) in [6.45, 7) is 7.94. The van der Waals surface area contributed by atoms with E-state index >= 15 is 0 Å². The van der Waals surface area contributed by atoms with Crippen LogP contribution in [0.2, 0.25) is 0 Å². The summed E-state index contributed by atoms with van der Waals surface area (Å²) >= 11 is 0. The van der Waals surface area contributed by atoms with Crippen molar-refractivity contribution >= 4 is 16.1 Å². The number of carbonyl (C=O) groups is 1. The van der Waals surface area contributed by atoms with Crippen molar-refractivity contribution in [1.29, 1.82) is 0 Å². The van der Waals surface area contributed by atoms with Crippen LogP contribution in [0.25, 0.3) is 0 Å². The number of rotatable bonds is 7. The Bertz CT molecular complexity index is 586. The van der Waals surface area contributed by atoms with Crippen LogP contribution < -0.4 is 5.53 Å². The predicted molar refractivity (Wildman–Crippen MR) is 93.7 cm³/mol. The Morgan fingerprint density at radius 3 is 2.38 bits per heavy atom. The zero-order valence-corrected chi connectivity index (χ0v) is 14.7. The van der Waals surface area contributed by atoms with Gasteiger partial charge < -0.3 is 4.90 Å². The molecule has 0 aromatic heterocycles. The molecule has 0 unspecified atom stereocenters. The smallest absolute Gasteiger partial charge is 0.316 e. The maximum absolute atomic E-state index is 12.5. The molecule has 7 nitrogen and oxygen atoms in total. The Labute approximate surface area is 144 Å². The second-order valence-electron chi connectivity index (χ2n) is 6.11.